The summed E-state index contributed by atoms with van der Waals surface area (Å²) in [6.45, 7) is 0.785. The first-order valence-corrected chi connectivity index (χ1v) is 7.61. The van der Waals surface area contributed by atoms with Crippen LogP contribution in [0.15, 0.2) is 48.5 Å². The molecule has 0 atom stereocenters. The van der Waals surface area contributed by atoms with Gasteiger partial charge in [0.25, 0.3) is 0 Å². The van der Waals surface area contributed by atoms with Gasteiger partial charge in [-0.1, -0.05) is 37.3 Å². The van der Waals surface area contributed by atoms with Crippen molar-refractivity contribution in [3.05, 3.63) is 57.9 Å². The molecule has 0 unspecified atom stereocenters. The van der Waals surface area contributed by atoms with Crippen molar-refractivity contribution < 1.29 is 26.3 Å². The van der Waals surface area contributed by atoms with Crippen LogP contribution < -0.4 is 0 Å². The lowest BCUT2D eigenvalue weighted by Crippen LogP contribution is -2.35. The van der Waals surface area contributed by atoms with Gasteiger partial charge in [-0.3, -0.25) is 0 Å². The molecule has 0 spiro atoms. The van der Waals surface area contributed by atoms with E-state index >= 15 is 0 Å². The van der Waals surface area contributed by atoms with Crippen molar-refractivity contribution in [3.8, 4) is 11.1 Å². The highest BCUT2D eigenvalue weighted by Gasteiger charge is 2.55. The van der Waals surface area contributed by atoms with Crippen molar-refractivity contribution in [2.24, 2.45) is 0 Å². The summed E-state index contributed by atoms with van der Waals surface area (Å²) in [6, 6.07) is 14.6. The zero-order valence-corrected chi connectivity index (χ0v) is 14.1. The van der Waals surface area contributed by atoms with Crippen molar-refractivity contribution in [1.82, 2.24) is 0 Å². The van der Waals surface area contributed by atoms with Crippen LogP contribution in [0.5, 0.6) is 0 Å². The first kappa shape index (κ1) is 19.8. The third-order valence-electron chi connectivity index (χ3n) is 2.89. The number of rotatable bonds is 2. The minimum Gasteiger partial charge on any atom is -0.207 e. The third kappa shape index (κ3) is 5.71. The molecule has 0 bridgehead atoms. The van der Waals surface area contributed by atoms with Gasteiger partial charge >= 0.3 is 12.1 Å². The van der Waals surface area contributed by atoms with Crippen LogP contribution in [-0.4, -0.2) is 12.1 Å². The number of hydrogen-bond acceptors (Lipinski definition) is 0. The molecule has 0 amide bonds. The molecule has 0 aliphatic rings. The van der Waals surface area contributed by atoms with Crippen molar-refractivity contribution in [2.75, 3.05) is 0 Å². The Hall–Kier alpha value is -1.25. The quantitative estimate of drug-likeness (QED) is 0.356. The average molecular weight is 446 g/mol. The smallest absolute Gasteiger partial charge is 0.207 e. The lowest BCUT2D eigenvalue weighted by atomic mass is 10.1. The lowest BCUT2D eigenvalue weighted by molar-refractivity contribution is -0.282. The molecular formula is C16H13F6I. The largest absolute Gasteiger partial charge is 0.453 e. The Balaban J connectivity index is 0.000000257. The van der Waals surface area contributed by atoms with Crippen LogP contribution in [0.4, 0.5) is 26.3 Å². The fraction of sp³-hybridized carbons (Fsp3) is 0.250. The number of hydrogen-bond donors (Lipinski definition) is 0. The van der Waals surface area contributed by atoms with Crippen molar-refractivity contribution in [1.29, 1.82) is 0 Å². The molecule has 0 aliphatic carbocycles. The number of benzene rings is 2. The van der Waals surface area contributed by atoms with Gasteiger partial charge in [0.05, 0.1) is 0 Å². The summed E-state index contributed by atoms with van der Waals surface area (Å²) in [7, 11) is 0. The molecule has 2 aromatic carbocycles. The first-order valence-electron chi connectivity index (χ1n) is 6.53. The number of halogens is 7. The van der Waals surface area contributed by atoms with Gasteiger partial charge in [-0.25, -0.2) is 4.39 Å². The van der Waals surface area contributed by atoms with Crippen LogP contribution >= 0.6 is 22.6 Å². The molecule has 2 aromatic rings. The van der Waals surface area contributed by atoms with E-state index in [4.69, 9.17) is 0 Å². The summed E-state index contributed by atoms with van der Waals surface area (Å²) in [5, 5.41) is 0. The molecule has 0 nitrogen and oxygen atoms in total. The van der Waals surface area contributed by atoms with Gasteiger partial charge in [-0.05, 0) is 51.9 Å². The predicted octanol–water partition coefficient (Wildman–Crippen LogP) is 6.69. The second-order valence-electron chi connectivity index (χ2n) is 4.54. The Morgan fingerprint density at radius 1 is 0.870 bits per heavy atom. The molecule has 0 saturated heterocycles. The minimum atomic E-state index is -5.39. The Kier molecular flexibility index (Phi) is 6.91. The predicted molar refractivity (Wildman–Crippen MR) is 85.8 cm³/mol. The van der Waals surface area contributed by atoms with Crippen LogP contribution in [-0.2, 0) is 0 Å². The summed E-state index contributed by atoms with van der Waals surface area (Å²) in [6.07, 6.45) is -6.59. The zero-order chi connectivity index (χ0) is 17.7. The lowest BCUT2D eigenvalue weighted by Gasteiger charge is -2.16. The standard InChI is InChI=1S/C12H8FI.C4H5F5/c13-10-7-5-9(6-8-10)11-3-1-2-4-12(11)14;1-2-3(5,6)4(7,8)9/h1-8H;2H2,1H3. The highest BCUT2D eigenvalue weighted by molar-refractivity contribution is 14.1. The normalized spacial score (nSPS) is 11.7. The first-order chi connectivity index (χ1) is 10.6. The fourth-order valence-electron chi connectivity index (χ4n) is 1.53. The highest BCUT2D eigenvalue weighted by atomic mass is 127. The van der Waals surface area contributed by atoms with E-state index in [1.54, 1.807) is 12.1 Å². The third-order valence-corrected chi connectivity index (χ3v) is 3.83. The molecular weight excluding hydrogens is 433 g/mol. The van der Waals surface area contributed by atoms with Crippen molar-refractivity contribution in [2.45, 2.75) is 25.4 Å². The van der Waals surface area contributed by atoms with Crippen molar-refractivity contribution >= 4 is 22.6 Å². The second kappa shape index (κ2) is 8.03. The van der Waals surface area contributed by atoms with Crippen molar-refractivity contribution in [3.63, 3.8) is 0 Å². The maximum absolute atomic E-state index is 12.7. The monoisotopic (exact) mass is 446 g/mol. The average Bonchev–Trinajstić information content (AvgIpc) is 2.48. The van der Waals surface area contributed by atoms with Gasteiger partial charge in [-0.2, -0.15) is 22.0 Å². The zero-order valence-electron chi connectivity index (χ0n) is 12.0. The Morgan fingerprint density at radius 3 is 1.78 bits per heavy atom. The Bertz CT molecular complexity index is 619. The molecule has 0 saturated carbocycles. The van der Waals surface area contributed by atoms with Gasteiger partial charge < -0.3 is 0 Å². The summed E-state index contributed by atoms with van der Waals surface area (Å²) < 4.78 is 70.2. The highest BCUT2D eigenvalue weighted by Crippen LogP contribution is 2.37. The molecule has 0 radical (unpaired) electrons. The van der Waals surface area contributed by atoms with E-state index in [0.29, 0.717) is 0 Å². The van der Waals surface area contributed by atoms with Crippen LogP contribution in [0, 0.1) is 9.39 Å². The Morgan fingerprint density at radius 2 is 1.39 bits per heavy atom. The van der Waals surface area contributed by atoms with Gasteiger partial charge in [0.2, 0.25) is 0 Å². The minimum absolute atomic E-state index is 0.195. The SMILES string of the molecule is CCC(F)(F)C(F)(F)F.Fc1ccc(-c2ccccc2I)cc1. The van der Waals surface area contributed by atoms with E-state index in [1.165, 1.54) is 15.7 Å². The fourth-order valence-corrected chi connectivity index (χ4v) is 2.22. The molecule has 0 aromatic heterocycles. The van der Waals surface area contributed by atoms with Gasteiger partial charge in [-0.15, -0.1) is 0 Å². The molecule has 23 heavy (non-hydrogen) atoms. The summed E-state index contributed by atoms with van der Waals surface area (Å²) in [5.41, 5.74) is 2.20. The summed E-state index contributed by atoms with van der Waals surface area (Å²) in [4.78, 5) is 0. The molecule has 0 N–H and O–H groups in total. The van der Waals surface area contributed by atoms with Crippen LogP contribution in [0.1, 0.15) is 13.3 Å². The van der Waals surface area contributed by atoms with E-state index in [2.05, 4.69) is 22.6 Å². The molecule has 0 heterocycles. The van der Waals surface area contributed by atoms with E-state index in [9.17, 15) is 26.3 Å². The van der Waals surface area contributed by atoms with Gasteiger partial charge in [0.1, 0.15) is 5.82 Å². The Labute approximate surface area is 143 Å². The molecule has 0 fully saturated rings. The summed E-state index contributed by atoms with van der Waals surface area (Å²) in [5.74, 6) is -4.72. The maximum Gasteiger partial charge on any atom is 0.453 e. The maximum atomic E-state index is 12.7. The van der Waals surface area contributed by atoms with E-state index < -0.39 is 18.5 Å². The van der Waals surface area contributed by atoms with E-state index in [-0.39, 0.29) is 5.82 Å². The van der Waals surface area contributed by atoms with Gasteiger partial charge in [0, 0.05) is 9.99 Å². The van der Waals surface area contributed by atoms with E-state index in [0.717, 1.165) is 18.1 Å². The molecule has 0 aliphatic heterocycles. The van der Waals surface area contributed by atoms with E-state index in [1.807, 2.05) is 24.3 Å². The van der Waals surface area contributed by atoms with Crippen LogP contribution in [0.3, 0.4) is 0 Å². The topological polar surface area (TPSA) is 0 Å². The molecule has 7 heteroatoms. The molecule has 126 valence electrons. The van der Waals surface area contributed by atoms with Crippen LogP contribution in [0.25, 0.3) is 11.1 Å². The summed E-state index contributed by atoms with van der Waals surface area (Å²) >= 11 is 2.28. The number of alkyl halides is 5. The van der Waals surface area contributed by atoms with Gasteiger partial charge in [0.15, 0.2) is 0 Å². The molecule has 2 rings (SSSR count). The second-order valence-corrected chi connectivity index (χ2v) is 5.70. The van der Waals surface area contributed by atoms with Crippen LogP contribution in [0.2, 0.25) is 0 Å².